The maximum atomic E-state index is 13.0. The number of thiazole rings is 1. The van der Waals surface area contributed by atoms with Crippen molar-refractivity contribution in [3.05, 3.63) is 109 Å². The number of benzene rings is 2. The van der Waals surface area contributed by atoms with Gasteiger partial charge in [-0.05, 0) is 36.6 Å². The Hall–Kier alpha value is -3.52. The van der Waals surface area contributed by atoms with Crippen molar-refractivity contribution in [1.82, 2.24) is 14.3 Å². The van der Waals surface area contributed by atoms with Gasteiger partial charge in [-0.15, -0.1) is 11.3 Å². The zero-order valence-electron chi connectivity index (χ0n) is 16.8. The Morgan fingerprint density at radius 2 is 1.74 bits per heavy atom. The molecule has 6 nitrogen and oxygen atoms in total. The topological polar surface area (TPSA) is 72.6 Å². The van der Waals surface area contributed by atoms with Gasteiger partial charge in [-0.25, -0.2) is 9.18 Å². The van der Waals surface area contributed by atoms with Crippen LogP contribution in [0.25, 0.3) is 4.83 Å². The van der Waals surface area contributed by atoms with Crippen LogP contribution in [0.4, 0.5) is 4.39 Å². The standard InChI is InChI=1S/C23H20FN3O3S/c1-15-21(29)26(12-11-16-5-3-2-4-6-16)23(30)27-14-19(31-22(15)27)20(28)25-13-17-7-9-18(24)10-8-17/h2-10,14H,11-13H2,1H3,(H,25,28). The molecule has 1 amide bonds. The number of hydrogen-bond acceptors (Lipinski definition) is 4. The molecule has 0 unspecified atom stereocenters. The predicted octanol–water partition coefficient (Wildman–Crippen LogP) is 3.14. The fraction of sp³-hybridized carbons (Fsp3) is 0.174. The summed E-state index contributed by atoms with van der Waals surface area (Å²) in [5.41, 5.74) is 1.40. The van der Waals surface area contributed by atoms with Crippen molar-refractivity contribution in [1.29, 1.82) is 0 Å². The van der Waals surface area contributed by atoms with Gasteiger partial charge in [-0.1, -0.05) is 42.5 Å². The van der Waals surface area contributed by atoms with E-state index < -0.39 is 5.69 Å². The van der Waals surface area contributed by atoms with E-state index in [9.17, 15) is 18.8 Å². The van der Waals surface area contributed by atoms with E-state index in [0.717, 1.165) is 22.5 Å². The van der Waals surface area contributed by atoms with Crippen LogP contribution in [-0.4, -0.2) is 14.9 Å². The zero-order valence-corrected chi connectivity index (χ0v) is 17.6. The van der Waals surface area contributed by atoms with Gasteiger partial charge in [0.25, 0.3) is 11.5 Å². The Bertz CT molecular complexity index is 1360. The molecule has 0 atom stereocenters. The van der Waals surface area contributed by atoms with Crippen molar-refractivity contribution in [2.45, 2.75) is 26.4 Å². The van der Waals surface area contributed by atoms with Crippen molar-refractivity contribution < 1.29 is 9.18 Å². The highest BCUT2D eigenvalue weighted by atomic mass is 32.1. The number of nitrogens with one attached hydrogen (secondary N) is 1. The third kappa shape index (κ3) is 4.34. The molecule has 2 heterocycles. The second kappa shape index (κ2) is 8.69. The summed E-state index contributed by atoms with van der Waals surface area (Å²) in [5, 5.41) is 2.76. The summed E-state index contributed by atoms with van der Waals surface area (Å²) >= 11 is 1.10. The summed E-state index contributed by atoms with van der Waals surface area (Å²) in [5.74, 6) is -0.705. The molecular formula is C23H20FN3O3S. The molecule has 4 aromatic rings. The first kappa shape index (κ1) is 20.7. The van der Waals surface area contributed by atoms with Crippen molar-refractivity contribution in [2.75, 3.05) is 0 Å². The molecule has 0 radical (unpaired) electrons. The highest BCUT2D eigenvalue weighted by Crippen LogP contribution is 2.18. The Morgan fingerprint density at radius 3 is 2.45 bits per heavy atom. The largest absolute Gasteiger partial charge is 0.347 e. The van der Waals surface area contributed by atoms with Crippen LogP contribution >= 0.6 is 11.3 Å². The molecule has 0 spiro atoms. The van der Waals surface area contributed by atoms with Gasteiger partial charge in [0.15, 0.2) is 0 Å². The second-order valence-electron chi connectivity index (χ2n) is 7.18. The Labute approximate surface area is 181 Å². The molecule has 0 saturated heterocycles. The lowest BCUT2D eigenvalue weighted by Crippen LogP contribution is -2.38. The molecule has 0 aliphatic heterocycles. The third-order valence-electron chi connectivity index (χ3n) is 5.05. The number of aromatic nitrogens is 2. The Balaban J connectivity index is 1.59. The van der Waals surface area contributed by atoms with Crippen LogP contribution in [-0.2, 0) is 19.5 Å². The molecule has 4 rings (SSSR count). The Morgan fingerprint density at radius 1 is 1.03 bits per heavy atom. The first-order valence-corrected chi connectivity index (χ1v) is 10.6. The number of carbonyl (C=O) groups excluding carboxylic acids is 1. The number of carbonyl (C=O) groups is 1. The molecular weight excluding hydrogens is 417 g/mol. The van der Waals surface area contributed by atoms with Gasteiger partial charge in [0.1, 0.15) is 15.5 Å². The third-order valence-corrected chi connectivity index (χ3v) is 6.26. The van der Waals surface area contributed by atoms with Gasteiger partial charge >= 0.3 is 5.69 Å². The number of fused-ring (bicyclic) bond motifs is 1. The van der Waals surface area contributed by atoms with Crippen LogP contribution in [0.5, 0.6) is 0 Å². The minimum absolute atomic E-state index is 0.227. The fourth-order valence-corrected chi connectivity index (χ4v) is 4.33. The van der Waals surface area contributed by atoms with Crippen LogP contribution in [0.15, 0.2) is 70.4 Å². The van der Waals surface area contributed by atoms with Crippen molar-refractivity contribution in [3.63, 3.8) is 0 Å². The number of rotatable bonds is 6. The van der Waals surface area contributed by atoms with Gasteiger partial charge in [-0.2, -0.15) is 0 Å². The lowest BCUT2D eigenvalue weighted by atomic mass is 10.1. The van der Waals surface area contributed by atoms with E-state index in [1.807, 2.05) is 30.3 Å². The van der Waals surface area contributed by atoms with E-state index in [1.54, 1.807) is 19.1 Å². The van der Waals surface area contributed by atoms with E-state index >= 15 is 0 Å². The molecule has 0 aliphatic carbocycles. The monoisotopic (exact) mass is 437 g/mol. The summed E-state index contributed by atoms with van der Waals surface area (Å²) in [6.45, 7) is 2.14. The van der Waals surface area contributed by atoms with Gasteiger partial charge in [-0.3, -0.25) is 18.6 Å². The normalized spacial score (nSPS) is 11.0. The molecule has 2 aromatic carbocycles. The molecule has 2 aromatic heterocycles. The molecule has 0 saturated carbocycles. The fourth-order valence-electron chi connectivity index (χ4n) is 3.33. The summed E-state index contributed by atoms with van der Waals surface area (Å²) in [6, 6.07) is 15.5. The van der Waals surface area contributed by atoms with Gasteiger partial charge in [0.2, 0.25) is 0 Å². The number of hydrogen-bond donors (Lipinski definition) is 1. The summed E-state index contributed by atoms with van der Waals surface area (Å²) in [6.07, 6.45) is 2.02. The van der Waals surface area contributed by atoms with Crippen LogP contribution in [0.2, 0.25) is 0 Å². The van der Waals surface area contributed by atoms with E-state index in [1.165, 1.54) is 27.3 Å². The van der Waals surface area contributed by atoms with Gasteiger partial charge in [0, 0.05) is 24.8 Å². The second-order valence-corrected chi connectivity index (χ2v) is 8.21. The number of halogens is 1. The lowest BCUT2D eigenvalue weighted by Gasteiger charge is -2.07. The van der Waals surface area contributed by atoms with Gasteiger partial charge in [0.05, 0.1) is 0 Å². The van der Waals surface area contributed by atoms with Crippen LogP contribution in [0.3, 0.4) is 0 Å². The molecule has 0 fully saturated rings. The molecule has 31 heavy (non-hydrogen) atoms. The first-order valence-electron chi connectivity index (χ1n) is 9.76. The first-order chi connectivity index (χ1) is 14.9. The highest BCUT2D eigenvalue weighted by Gasteiger charge is 2.17. The van der Waals surface area contributed by atoms with Crippen LogP contribution < -0.4 is 16.6 Å². The maximum absolute atomic E-state index is 13.0. The maximum Gasteiger partial charge on any atom is 0.336 e. The minimum atomic E-state index is -0.463. The molecule has 158 valence electrons. The SMILES string of the molecule is Cc1c(=O)n(CCc2ccccc2)c(=O)n2cc(C(=O)NCc3ccc(F)cc3)sc12. The van der Waals surface area contributed by atoms with E-state index in [4.69, 9.17) is 0 Å². The quantitative estimate of drug-likeness (QED) is 0.504. The van der Waals surface area contributed by atoms with Crippen molar-refractivity contribution in [3.8, 4) is 0 Å². The summed E-state index contributed by atoms with van der Waals surface area (Å²) in [7, 11) is 0. The van der Waals surface area contributed by atoms with E-state index in [-0.39, 0.29) is 30.4 Å². The average Bonchev–Trinajstić information content (AvgIpc) is 3.24. The summed E-state index contributed by atoms with van der Waals surface area (Å²) in [4.78, 5) is 39.1. The lowest BCUT2D eigenvalue weighted by molar-refractivity contribution is 0.0954. The van der Waals surface area contributed by atoms with Gasteiger partial charge < -0.3 is 5.32 Å². The molecule has 1 N–H and O–H groups in total. The van der Waals surface area contributed by atoms with Crippen LogP contribution in [0.1, 0.15) is 26.4 Å². The predicted molar refractivity (Wildman–Crippen MR) is 118 cm³/mol. The molecule has 8 heteroatoms. The minimum Gasteiger partial charge on any atom is -0.347 e. The number of nitrogens with zero attached hydrogens (tertiary/aromatic N) is 2. The average molecular weight is 437 g/mol. The van der Waals surface area contributed by atoms with E-state index in [0.29, 0.717) is 21.7 Å². The zero-order chi connectivity index (χ0) is 22.0. The highest BCUT2D eigenvalue weighted by molar-refractivity contribution is 7.19. The summed E-state index contributed by atoms with van der Waals surface area (Å²) < 4.78 is 15.6. The van der Waals surface area contributed by atoms with E-state index in [2.05, 4.69) is 5.32 Å². The molecule has 0 aliphatic rings. The Kier molecular flexibility index (Phi) is 5.81. The number of aryl methyl sites for hydroxylation is 2. The van der Waals surface area contributed by atoms with Crippen molar-refractivity contribution in [2.24, 2.45) is 0 Å². The van der Waals surface area contributed by atoms with Crippen LogP contribution in [0, 0.1) is 12.7 Å². The smallest absolute Gasteiger partial charge is 0.336 e. The number of amides is 1. The van der Waals surface area contributed by atoms with Crippen molar-refractivity contribution >= 4 is 22.1 Å². The molecule has 0 bridgehead atoms.